The molecule has 3 rings (SSSR count). The number of halogens is 1. The molecule has 6 nitrogen and oxygen atoms in total. The Kier molecular flexibility index (Phi) is 5.92. The van der Waals surface area contributed by atoms with E-state index < -0.39 is 9.84 Å². The lowest BCUT2D eigenvalue weighted by Gasteiger charge is -2.07. The summed E-state index contributed by atoms with van der Waals surface area (Å²) in [7, 11) is -3.31. The molecule has 0 fully saturated rings. The van der Waals surface area contributed by atoms with Crippen LogP contribution in [0.2, 0.25) is 0 Å². The molecule has 3 aromatic rings. The quantitative estimate of drug-likeness (QED) is 0.538. The van der Waals surface area contributed by atoms with Gasteiger partial charge in [-0.05, 0) is 52.7 Å². The summed E-state index contributed by atoms with van der Waals surface area (Å²) in [6, 6.07) is 10.3. The van der Waals surface area contributed by atoms with Gasteiger partial charge in [0.15, 0.2) is 15.4 Å². The second-order valence-electron chi connectivity index (χ2n) is 5.83. The zero-order chi connectivity index (χ0) is 19.6. The largest absolute Gasteiger partial charge is 0.431 e. The molecule has 0 spiro atoms. The number of hydrogen-bond donors (Lipinski definition) is 1. The van der Waals surface area contributed by atoms with E-state index in [9.17, 15) is 13.2 Å². The van der Waals surface area contributed by atoms with Gasteiger partial charge in [0.2, 0.25) is 5.91 Å². The van der Waals surface area contributed by atoms with Gasteiger partial charge < -0.3 is 9.73 Å². The van der Waals surface area contributed by atoms with Crippen molar-refractivity contribution in [2.24, 2.45) is 0 Å². The van der Waals surface area contributed by atoms with Crippen molar-refractivity contribution in [2.45, 2.75) is 24.0 Å². The smallest absolute Gasteiger partial charge is 0.257 e. The van der Waals surface area contributed by atoms with E-state index in [0.29, 0.717) is 22.0 Å². The summed E-state index contributed by atoms with van der Waals surface area (Å²) in [6.07, 6.45) is 0. The van der Waals surface area contributed by atoms with Crippen LogP contribution in [0.15, 0.2) is 55.4 Å². The lowest BCUT2D eigenvalue weighted by atomic mass is 10.2. The van der Waals surface area contributed by atoms with Crippen molar-refractivity contribution in [3.05, 3.63) is 46.4 Å². The van der Waals surface area contributed by atoms with Crippen molar-refractivity contribution >= 4 is 60.2 Å². The summed E-state index contributed by atoms with van der Waals surface area (Å²) in [5.74, 6) is -0.0583. The monoisotopic (exact) mass is 468 g/mol. The highest BCUT2D eigenvalue weighted by Crippen LogP contribution is 2.27. The van der Waals surface area contributed by atoms with Crippen LogP contribution in [-0.4, -0.2) is 30.8 Å². The van der Waals surface area contributed by atoms with Gasteiger partial charge in [-0.1, -0.05) is 24.8 Å². The van der Waals surface area contributed by atoms with Crippen molar-refractivity contribution in [3.63, 3.8) is 0 Å². The SMILES string of the molecule is CCS(=O)(=O)c1ccc2nc(SCC(=O)Nc3ccc(C)cc3Br)oc2c1. The van der Waals surface area contributed by atoms with Crippen LogP contribution in [-0.2, 0) is 14.6 Å². The minimum atomic E-state index is -3.31. The molecule has 142 valence electrons. The summed E-state index contributed by atoms with van der Waals surface area (Å²) in [6.45, 7) is 3.56. The molecule has 0 atom stereocenters. The van der Waals surface area contributed by atoms with Crippen molar-refractivity contribution in [2.75, 3.05) is 16.8 Å². The molecule has 0 bridgehead atoms. The average molecular weight is 469 g/mol. The minimum Gasteiger partial charge on any atom is -0.431 e. The number of nitrogens with one attached hydrogen (secondary N) is 1. The van der Waals surface area contributed by atoms with Crippen LogP contribution in [0, 0.1) is 6.92 Å². The predicted octanol–water partition coefficient (Wildman–Crippen LogP) is 4.42. The number of oxazole rings is 1. The Bertz CT molecular complexity index is 1110. The topological polar surface area (TPSA) is 89.3 Å². The van der Waals surface area contributed by atoms with E-state index in [-0.39, 0.29) is 22.3 Å². The first-order chi connectivity index (χ1) is 12.8. The molecule has 1 N–H and O–H groups in total. The van der Waals surface area contributed by atoms with Gasteiger partial charge in [0.1, 0.15) is 5.52 Å². The molecule has 0 unspecified atom stereocenters. The van der Waals surface area contributed by atoms with E-state index in [1.165, 1.54) is 12.1 Å². The first-order valence-corrected chi connectivity index (χ1v) is 11.5. The second kappa shape index (κ2) is 8.04. The van der Waals surface area contributed by atoms with Gasteiger partial charge in [0, 0.05) is 10.5 Å². The van der Waals surface area contributed by atoms with Crippen molar-refractivity contribution in [1.82, 2.24) is 4.98 Å². The summed E-state index contributed by atoms with van der Waals surface area (Å²) < 4.78 is 30.3. The summed E-state index contributed by atoms with van der Waals surface area (Å²) in [5.41, 5.74) is 2.71. The highest BCUT2D eigenvalue weighted by atomic mass is 79.9. The van der Waals surface area contributed by atoms with Gasteiger partial charge in [-0.15, -0.1) is 0 Å². The highest BCUT2D eigenvalue weighted by molar-refractivity contribution is 9.10. The molecular formula is C18H17BrN2O4S2. The number of anilines is 1. The molecule has 0 aliphatic heterocycles. The number of hydrogen-bond acceptors (Lipinski definition) is 6. The maximum absolute atomic E-state index is 12.2. The van der Waals surface area contributed by atoms with Crippen LogP contribution in [0.1, 0.15) is 12.5 Å². The van der Waals surface area contributed by atoms with Gasteiger partial charge in [0.05, 0.1) is 22.1 Å². The number of nitrogens with zero attached hydrogens (tertiary/aromatic N) is 1. The number of carbonyl (C=O) groups is 1. The first kappa shape index (κ1) is 19.9. The zero-order valence-corrected chi connectivity index (χ0v) is 17.9. The van der Waals surface area contributed by atoms with Gasteiger partial charge >= 0.3 is 0 Å². The second-order valence-corrected chi connectivity index (χ2v) is 9.89. The number of amides is 1. The first-order valence-electron chi connectivity index (χ1n) is 8.10. The molecule has 0 aliphatic carbocycles. The predicted molar refractivity (Wildman–Crippen MR) is 110 cm³/mol. The third kappa shape index (κ3) is 4.72. The fraction of sp³-hybridized carbons (Fsp3) is 0.222. The Hall–Kier alpha value is -1.84. The molecular weight excluding hydrogens is 452 g/mol. The zero-order valence-electron chi connectivity index (χ0n) is 14.7. The molecule has 0 radical (unpaired) electrons. The molecule has 0 saturated carbocycles. The Morgan fingerprint density at radius 2 is 2.04 bits per heavy atom. The van der Waals surface area contributed by atoms with Gasteiger partial charge in [-0.2, -0.15) is 0 Å². The van der Waals surface area contributed by atoms with Crippen LogP contribution < -0.4 is 5.32 Å². The number of aromatic nitrogens is 1. The number of rotatable bonds is 6. The third-order valence-corrected chi connectivity index (χ3v) is 7.02. The van der Waals surface area contributed by atoms with Crippen LogP contribution >= 0.6 is 27.7 Å². The maximum Gasteiger partial charge on any atom is 0.257 e. The normalized spacial score (nSPS) is 11.7. The molecule has 0 aliphatic rings. The molecule has 2 aromatic carbocycles. The summed E-state index contributed by atoms with van der Waals surface area (Å²) in [4.78, 5) is 16.6. The fourth-order valence-corrected chi connectivity index (χ4v) is 4.47. The Balaban J connectivity index is 1.68. The number of aryl methyl sites for hydroxylation is 1. The Morgan fingerprint density at radius 1 is 1.26 bits per heavy atom. The highest BCUT2D eigenvalue weighted by Gasteiger charge is 2.15. The summed E-state index contributed by atoms with van der Waals surface area (Å²) >= 11 is 4.57. The van der Waals surface area contributed by atoms with Gasteiger partial charge in [-0.25, -0.2) is 13.4 Å². The van der Waals surface area contributed by atoms with Crippen molar-refractivity contribution in [3.8, 4) is 0 Å². The molecule has 0 saturated heterocycles. The van der Waals surface area contributed by atoms with E-state index in [0.717, 1.165) is 21.8 Å². The lowest BCUT2D eigenvalue weighted by Crippen LogP contribution is -2.14. The number of carbonyl (C=O) groups excluding carboxylic acids is 1. The van der Waals surface area contributed by atoms with Crippen molar-refractivity contribution < 1.29 is 17.6 Å². The molecule has 1 amide bonds. The standard InChI is InChI=1S/C18H17BrN2O4S2/c1-3-27(23,24)12-5-7-15-16(9-12)25-18(21-15)26-10-17(22)20-14-6-4-11(2)8-13(14)19/h4-9H,3,10H2,1-2H3,(H,20,22). The fourth-order valence-electron chi connectivity index (χ4n) is 2.34. The summed E-state index contributed by atoms with van der Waals surface area (Å²) in [5, 5.41) is 3.14. The average Bonchev–Trinajstić information content (AvgIpc) is 3.04. The molecule has 1 aromatic heterocycles. The van der Waals surface area contributed by atoms with E-state index in [4.69, 9.17) is 4.42 Å². The van der Waals surface area contributed by atoms with Crippen molar-refractivity contribution in [1.29, 1.82) is 0 Å². The molecule has 27 heavy (non-hydrogen) atoms. The van der Waals surface area contributed by atoms with E-state index in [2.05, 4.69) is 26.2 Å². The Morgan fingerprint density at radius 3 is 2.74 bits per heavy atom. The molecule has 1 heterocycles. The Labute approximate surface area is 169 Å². The van der Waals surface area contributed by atoms with E-state index in [1.807, 2.05) is 25.1 Å². The lowest BCUT2D eigenvalue weighted by molar-refractivity contribution is -0.113. The number of benzene rings is 2. The van der Waals surface area contributed by atoms with Crippen LogP contribution in [0.3, 0.4) is 0 Å². The minimum absolute atomic E-state index is 0.0169. The van der Waals surface area contributed by atoms with Gasteiger partial charge in [-0.3, -0.25) is 4.79 Å². The van der Waals surface area contributed by atoms with E-state index >= 15 is 0 Å². The number of fused-ring (bicyclic) bond motifs is 1. The third-order valence-electron chi connectivity index (χ3n) is 3.80. The van der Waals surface area contributed by atoms with E-state index in [1.54, 1.807) is 13.0 Å². The number of thioether (sulfide) groups is 1. The molecule has 9 heteroatoms. The van der Waals surface area contributed by atoms with Crippen LogP contribution in [0.5, 0.6) is 0 Å². The maximum atomic E-state index is 12.2. The van der Waals surface area contributed by atoms with Crippen LogP contribution in [0.25, 0.3) is 11.1 Å². The number of sulfone groups is 1. The van der Waals surface area contributed by atoms with Gasteiger partial charge in [0.25, 0.3) is 5.22 Å². The van der Waals surface area contributed by atoms with Crippen LogP contribution in [0.4, 0.5) is 5.69 Å².